The number of rotatable bonds is 7. The summed E-state index contributed by atoms with van der Waals surface area (Å²) in [4.78, 5) is 0.859. The van der Waals surface area contributed by atoms with Crippen LogP contribution in [0.15, 0.2) is 76.5 Å². The van der Waals surface area contributed by atoms with Gasteiger partial charge in [-0.05, 0) is 43.0 Å². The second-order valence-electron chi connectivity index (χ2n) is 5.65. The maximum absolute atomic E-state index is 12.5. The average Bonchev–Trinajstić information content (AvgIpc) is 2.58. The van der Waals surface area contributed by atoms with Gasteiger partial charge < -0.3 is 0 Å². The van der Waals surface area contributed by atoms with E-state index in [0.717, 1.165) is 35.3 Å². The molecule has 0 radical (unpaired) electrons. The van der Waals surface area contributed by atoms with E-state index in [9.17, 15) is 4.21 Å². The van der Waals surface area contributed by atoms with Crippen LogP contribution in [0.3, 0.4) is 0 Å². The molecular weight excluding hydrogens is 300 g/mol. The molecule has 2 aromatic rings. The van der Waals surface area contributed by atoms with Crippen LogP contribution in [0.2, 0.25) is 0 Å². The fourth-order valence-corrected chi connectivity index (χ4v) is 3.22. The van der Waals surface area contributed by atoms with Gasteiger partial charge in [-0.3, -0.25) is 0 Å². The van der Waals surface area contributed by atoms with Gasteiger partial charge in [-0.1, -0.05) is 73.5 Å². The number of allylic oxidation sites excluding steroid dienone is 2. The third-order valence-corrected chi connectivity index (χ3v) is 4.87. The van der Waals surface area contributed by atoms with Crippen LogP contribution in [0.1, 0.15) is 37.3 Å². The van der Waals surface area contributed by atoms with Crippen molar-refractivity contribution in [3.05, 3.63) is 82.8 Å². The lowest BCUT2D eigenvalue weighted by atomic mass is 10.1. The first-order valence-corrected chi connectivity index (χ1v) is 9.31. The molecule has 0 aliphatic carbocycles. The van der Waals surface area contributed by atoms with Crippen LogP contribution in [0.5, 0.6) is 0 Å². The highest BCUT2D eigenvalue weighted by Gasteiger charge is 2.02. The van der Waals surface area contributed by atoms with Crippen LogP contribution in [0.4, 0.5) is 0 Å². The molecule has 0 heterocycles. The molecule has 1 nitrogen and oxygen atoms in total. The van der Waals surface area contributed by atoms with Crippen LogP contribution in [0, 0.1) is 6.92 Å². The zero-order valence-electron chi connectivity index (χ0n) is 13.9. The minimum Gasteiger partial charge on any atom is -0.250 e. The zero-order chi connectivity index (χ0) is 16.5. The van der Waals surface area contributed by atoms with Gasteiger partial charge in [0.2, 0.25) is 0 Å². The molecule has 2 aromatic carbocycles. The van der Waals surface area contributed by atoms with E-state index in [-0.39, 0.29) is 0 Å². The standard InChI is InChI=1S/C21H24OS/c1-3-4-8-20(14-13-19-9-6-5-7-10-19)17-23(22)21-15-11-18(2)12-16-21/h5-7,9-17H,3-4,8H2,1-2H3/b14-13+,20-17-/t23-/m1/s1. The predicted octanol–water partition coefficient (Wildman–Crippen LogP) is 5.89. The van der Waals surface area contributed by atoms with Crippen molar-refractivity contribution in [2.45, 2.75) is 38.0 Å². The van der Waals surface area contributed by atoms with Gasteiger partial charge >= 0.3 is 0 Å². The Bertz CT molecular complexity index is 682. The molecule has 0 fully saturated rings. The van der Waals surface area contributed by atoms with Crippen molar-refractivity contribution in [3.8, 4) is 0 Å². The highest BCUT2D eigenvalue weighted by molar-refractivity contribution is 7.88. The lowest BCUT2D eigenvalue weighted by Gasteiger charge is -2.03. The smallest absolute Gasteiger partial charge is 0.0778 e. The van der Waals surface area contributed by atoms with Gasteiger partial charge in [0.25, 0.3) is 0 Å². The second-order valence-corrected chi connectivity index (χ2v) is 6.95. The van der Waals surface area contributed by atoms with Crippen molar-refractivity contribution >= 4 is 16.9 Å². The van der Waals surface area contributed by atoms with E-state index in [0.29, 0.717) is 0 Å². The first-order chi connectivity index (χ1) is 11.2. The van der Waals surface area contributed by atoms with Crippen molar-refractivity contribution in [1.29, 1.82) is 0 Å². The third kappa shape index (κ3) is 5.99. The molecule has 23 heavy (non-hydrogen) atoms. The number of benzene rings is 2. The molecule has 0 aromatic heterocycles. The third-order valence-electron chi connectivity index (χ3n) is 3.62. The Morgan fingerprint density at radius 1 is 1.04 bits per heavy atom. The molecule has 0 aliphatic rings. The quantitative estimate of drug-likeness (QED) is 0.580. The summed E-state index contributed by atoms with van der Waals surface area (Å²) in [6, 6.07) is 18.1. The normalized spacial score (nSPS) is 13.4. The number of aryl methyl sites for hydroxylation is 1. The van der Waals surface area contributed by atoms with E-state index in [1.165, 1.54) is 5.56 Å². The monoisotopic (exact) mass is 324 g/mol. The molecule has 1 atom stereocenters. The first-order valence-electron chi connectivity index (χ1n) is 8.10. The van der Waals surface area contributed by atoms with E-state index in [2.05, 4.69) is 31.2 Å². The van der Waals surface area contributed by atoms with E-state index in [4.69, 9.17) is 0 Å². The fraction of sp³-hybridized carbons (Fsp3) is 0.238. The van der Waals surface area contributed by atoms with E-state index in [1.807, 2.05) is 54.8 Å². The lowest BCUT2D eigenvalue weighted by molar-refractivity contribution is 0.688. The maximum atomic E-state index is 12.5. The van der Waals surface area contributed by atoms with Gasteiger partial charge in [0.15, 0.2) is 0 Å². The molecule has 0 amide bonds. The molecule has 2 rings (SSSR count). The summed E-state index contributed by atoms with van der Waals surface area (Å²) in [6.45, 7) is 4.22. The zero-order valence-corrected chi connectivity index (χ0v) is 14.7. The molecule has 0 saturated carbocycles. The summed E-state index contributed by atoms with van der Waals surface area (Å²) < 4.78 is 12.5. The number of hydrogen-bond acceptors (Lipinski definition) is 1. The van der Waals surface area contributed by atoms with Gasteiger partial charge in [-0.25, -0.2) is 4.21 Å². The van der Waals surface area contributed by atoms with Crippen molar-refractivity contribution in [1.82, 2.24) is 0 Å². The summed E-state index contributed by atoms with van der Waals surface area (Å²) in [5.41, 5.74) is 3.48. The van der Waals surface area contributed by atoms with Crippen LogP contribution in [-0.4, -0.2) is 4.21 Å². The number of hydrogen-bond donors (Lipinski definition) is 0. The van der Waals surface area contributed by atoms with Gasteiger partial charge in [0.1, 0.15) is 0 Å². The van der Waals surface area contributed by atoms with E-state index in [1.54, 1.807) is 0 Å². The molecule has 0 N–H and O–H groups in total. The van der Waals surface area contributed by atoms with Crippen LogP contribution in [-0.2, 0) is 10.8 Å². The first kappa shape index (κ1) is 17.4. The highest BCUT2D eigenvalue weighted by atomic mass is 32.2. The Morgan fingerprint density at radius 2 is 1.74 bits per heavy atom. The predicted molar refractivity (Wildman–Crippen MR) is 101 cm³/mol. The van der Waals surface area contributed by atoms with Gasteiger partial charge in [0.05, 0.1) is 10.8 Å². The van der Waals surface area contributed by atoms with Crippen molar-refractivity contribution < 1.29 is 4.21 Å². The van der Waals surface area contributed by atoms with E-state index >= 15 is 0 Å². The largest absolute Gasteiger partial charge is 0.250 e. The summed E-state index contributed by atoms with van der Waals surface area (Å²) in [6.07, 6.45) is 7.38. The Balaban J connectivity index is 2.17. The lowest BCUT2D eigenvalue weighted by Crippen LogP contribution is -1.90. The Labute approximate surface area is 142 Å². The minimum atomic E-state index is -1.10. The molecule has 120 valence electrons. The average molecular weight is 324 g/mol. The molecule has 2 heteroatoms. The molecule has 0 aliphatic heterocycles. The SMILES string of the molecule is CCCCC(=C/[S@@](=O)c1ccc(C)cc1)/C=C/c1ccccc1. The summed E-state index contributed by atoms with van der Waals surface area (Å²) in [5.74, 6) is 0. The van der Waals surface area contributed by atoms with Crippen molar-refractivity contribution in [3.63, 3.8) is 0 Å². The Hall–Kier alpha value is -1.93. The minimum absolute atomic E-state index is 0.859. The highest BCUT2D eigenvalue weighted by Crippen LogP contribution is 2.16. The Morgan fingerprint density at radius 3 is 2.39 bits per heavy atom. The van der Waals surface area contributed by atoms with Crippen molar-refractivity contribution in [2.75, 3.05) is 0 Å². The second kappa shape index (κ2) is 9.26. The summed E-state index contributed by atoms with van der Waals surface area (Å²) >= 11 is 0. The molecule has 0 unspecified atom stereocenters. The molecule has 0 saturated heterocycles. The van der Waals surface area contributed by atoms with E-state index < -0.39 is 10.8 Å². The Kier molecular flexibility index (Phi) is 7.02. The molecular formula is C21H24OS. The van der Waals surface area contributed by atoms with Gasteiger partial charge in [-0.2, -0.15) is 0 Å². The van der Waals surface area contributed by atoms with Crippen molar-refractivity contribution in [2.24, 2.45) is 0 Å². The molecule has 0 bridgehead atoms. The topological polar surface area (TPSA) is 17.1 Å². The maximum Gasteiger partial charge on any atom is 0.0778 e. The van der Waals surface area contributed by atoms with Gasteiger partial charge in [0, 0.05) is 10.3 Å². The summed E-state index contributed by atoms with van der Waals surface area (Å²) in [5, 5.41) is 1.89. The van der Waals surface area contributed by atoms with Crippen LogP contribution >= 0.6 is 0 Å². The molecule has 0 spiro atoms. The van der Waals surface area contributed by atoms with Crippen LogP contribution < -0.4 is 0 Å². The number of unbranched alkanes of at least 4 members (excludes halogenated alkanes) is 1. The summed E-state index contributed by atoms with van der Waals surface area (Å²) in [7, 11) is -1.10. The van der Waals surface area contributed by atoms with Crippen LogP contribution in [0.25, 0.3) is 6.08 Å². The fourth-order valence-electron chi connectivity index (χ4n) is 2.21. The van der Waals surface area contributed by atoms with Gasteiger partial charge in [-0.15, -0.1) is 0 Å².